The van der Waals surface area contributed by atoms with Crippen molar-refractivity contribution in [1.82, 2.24) is 9.97 Å². The van der Waals surface area contributed by atoms with Crippen LogP contribution in [0.3, 0.4) is 0 Å². The summed E-state index contributed by atoms with van der Waals surface area (Å²) in [5.41, 5.74) is 3.38. The molecule has 0 aliphatic carbocycles. The summed E-state index contributed by atoms with van der Waals surface area (Å²) in [7, 11) is 0. The van der Waals surface area contributed by atoms with Gasteiger partial charge in [-0.2, -0.15) is 0 Å². The first-order valence-corrected chi connectivity index (χ1v) is 9.27. The van der Waals surface area contributed by atoms with E-state index in [1.807, 2.05) is 55.5 Å². The number of benzene rings is 3. The Bertz CT molecular complexity index is 1150. The van der Waals surface area contributed by atoms with Crippen molar-refractivity contribution in [2.75, 3.05) is 6.61 Å². The predicted molar refractivity (Wildman–Crippen MR) is 111 cm³/mol. The summed E-state index contributed by atoms with van der Waals surface area (Å²) in [6.45, 7) is 3.92. The van der Waals surface area contributed by atoms with E-state index in [1.54, 1.807) is 6.92 Å². The van der Waals surface area contributed by atoms with E-state index >= 15 is 0 Å². The van der Waals surface area contributed by atoms with Crippen LogP contribution in [0, 0.1) is 6.92 Å². The largest absolute Gasteiger partial charge is 0.462 e. The minimum Gasteiger partial charge on any atom is -0.462 e. The van der Waals surface area contributed by atoms with E-state index in [0.29, 0.717) is 29.4 Å². The Morgan fingerprint density at radius 3 is 2.32 bits per heavy atom. The number of ether oxygens (including phenoxy) is 1. The van der Waals surface area contributed by atoms with Crippen LogP contribution in [0.2, 0.25) is 0 Å². The minimum atomic E-state index is -0.399. The molecule has 28 heavy (non-hydrogen) atoms. The molecule has 0 amide bonds. The van der Waals surface area contributed by atoms with Gasteiger partial charge >= 0.3 is 5.97 Å². The molecule has 0 radical (unpaired) electrons. The van der Waals surface area contributed by atoms with E-state index < -0.39 is 5.97 Å². The molecule has 0 fully saturated rings. The van der Waals surface area contributed by atoms with E-state index in [1.165, 1.54) is 0 Å². The molecule has 4 rings (SSSR count). The number of fused-ring (bicyclic) bond motifs is 1. The number of rotatable bonds is 4. The third-order valence-electron chi connectivity index (χ3n) is 4.62. The SMILES string of the molecule is CCOC(=O)c1c(C)nc(-c2ccc3ccccc3c2)nc1-c1ccccc1. The number of carbonyl (C=O) groups is 1. The lowest BCUT2D eigenvalue weighted by molar-refractivity contribution is 0.0525. The number of carbonyl (C=O) groups excluding carboxylic acids is 1. The number of aromatic nitrogens is 2. The molecule has 0 atom stereocenters. The maximum absolute atomic E-state index is 12.6. The summed E-state index contributed by atoms with van der Waals surface area (Å²) in [5, 5.41) is 2.28. The van der Waals surface area contributed by atoms with Crippen molar-refractivity contribution in [3.8, 4) is 22.6 Å². The fourth-order valence-electron chi connectivity index (χ4n) is 3.28. The quantitative estimate of drug-likeness (QED) is 0.450. The van der Waals surface area contributed by atoms with Crippen LogP contribution in [-0.2, 0) is 4.74 Å². The second-order valence-corrected chi connectivity index (χ2v) is 6.50. The molecular formula is C24H20N2O2. The van der Waals surface area contributed by atoms with Crippen LogP contribution < -0.4 is 0 Å². The topological polar surface area (TPSA) is 52.1 Å². The van der Waals surface area contributed by atoms with Gasteiger partial charge in [-0.3, -0.25) is 0 Å². The highest BCUT2D eigenvalue weighted by Crippen LogP contribution is 2.29. The van der Waals surface area contributed by atoms with Gasteiger partial charge in [0.1, 0.15) is 5.56 Å². The van der Waals surface area contributed by atoms with Gasteiger partial charge in [-0.15, -0.1) is 0 Å². The molecule has 0 unspecified atom stereocenters. The third-order valence-corrected chi connectivity index (χ3v) is 4.62. The fraction of sp³-hybridized carbons (Fsp3) is 0.125. The Kier molecular flexibility index (Phi) is 4.85. The van der Waals surface area contributed by atoms with Crippen molar-refractivity contribution in [2.45, 2.75) is 13.8 Å². The normalized spacial score (nSPS) is 10.8. The van der Waals surface area contributed by atoms with Gasteiger partial charge < -0.3 is 4.74 Å². The number of nitrogens with zero attached hydrogens (tertiary/aromatic N) is 2. The first kappa shape index (κ1) is 17.9. The highest BCUT2D eigenvalue weighted by atomic mass is 16.5. The predicted octanol–water partition coefficient (Wildman–Crippen LogP) is 5.45. The van der Waals surface area contributed by atoms with Gasteiger partial charge in [0.2, 0.25) is 0 Å². The Hall–Kier alpha value is -3.53. The zero-order valence-corrected chi connectivity index (χ0v) is 15.8. The summed E-state index contributed by atoms with van der Waals surface area (Å²) < 4.78 is 5.26. The monoisotopic (exact) mass is 368 g/mol. The highest BCUT2D eigenvalue weighted by Gasteiger charge is 2.21. The lowest BCUT2D eigenvalue weighted by Crippen LogP contribution is -2.12. The van der Waals surface area contributed by atoms with Gasteiger partial charge in [0.25, 0.3) is 0 Å². The lowest BCUT2D eigenvalue weighted by Gasteiger charge is -2.13. The summed E-state index contributed by atoms with van der Waals surface area (Å²) in [6.07, 6.45) is 0. The van der Waals surface area contributed by atoms with Crippen LogP contribution >= 0.6 is 0 Å². The van der Waals surface area contributed by atoms with Gasteiger partial charge in [0.15, 0.2) is 5.82 Å². The molecule has 3 aromatic carbocycles. The van der Waals surface area contributed by atoms with Gasteiger partial charge in [-0.05, 0) is 30.7 Å². The van der Waals surface area contributed by atoms with E-state index in [2.05, 4.69) is 29.2 Å². The Morgan fingerprint density at radius 2 is 1.57 bits per heavy atom. The molecule has 0 bridgehead atoms. The van der Waals surface area contributed by atoms with Gasteiger partial charge in [-0.25, -0.2) is 14.8 Å². The molecule has 0 saturated heterocycles. The molecule has 1 aromatic heterocycles. The number of hydrogen-bond acceptors (Lipinski definition) is 4. The second kappa shape index (κ2) is 7.61. The van der Waals surface area contributed by atoms with Crippen molar-refractivity contribution in [3.05, 3.63) is 84.1 Å². The molecule has 0 N–H and O–H groups in total. The van der Waals surface area contributed by atoms with Crippen LogP contribution in [0.25, 0.3) is 33.4 Å². The first-order chi connectivity index (χ1) is 13.7. The van der Waals surface area contributed by atoms with E-state index in [9.17, 15) is 4.79 Å². The van der Waals surface area contributed by atoms with Crippen LogP contribution in [0.15, 0.2) is 72.8 Å². The second-order valence-electron chi connectivity index (χ2n) is 6.50. The van der Waals surface area contributed by atoms with Crippen LogP contribution in [0.1, 0.15) is 23.0 Å². The van der Waals surface area contributed by atoms with Gasteiger partial charge in [0, 0.05) is 11.1 Å². The Morgan fingerprint density at radius 1 is 0.857 bits per heavy atom. The van der Waals surface area contributed by atoms with Crippen molar-refractivity contribution in [1.29, 1.82) is 0 Å². The standard InChI is InChI=1S/C24H20N2O2/c1-3-28-24(27)21-16(2)25-23(26-22(21)18-10-5-4-6-11-18)20-14-13-17-9-7-8-12-19(17)15-20/h4-15H,3H2,1-2H3. The van der Waals surface area contributed by atoms with E-state index in [0.717, 1.165) is 21.9 Å². The molecule has 138 valence electrons. The van der Waals surface area contributed by atoms with Crippen LogP contribution in [0.4, 0.5) is 0 Å². The van der Waals surface area contributed by atoms with Crippen LogP contribution in [-0.4, -0.2) is 22.5 Å². The summed E-state index contributed by atoms with van der Waals surface area (Å²) >= 11 is 0. The molecule has 0 aliphatic rings. The summed E-state index contributed by atoms with van der Waals surface area (Å²) in [6, 6.07) is 24.0. The van der Waals surface area contributed by atoms with Crippen molar-refractivity contribution >= 4 is 16.7 Å². The molecule has 0 saturated carbocycles. The Balaban J connectivity index is 1.91. The number of esters is 1. The van der Waals surface area contributed by atoms with E-state index in [4.69, 9.17) is 9.72 Å². The van der Waals surface area contributed by atoms with E-state index in [-0.39, 0.29) is 0 Å². The maximum Gasteiger partial charge on any atom is 0.342 e. The van der Waals surface area contributed by atoms with Gasteiger partial charge in [0.05, 0.1) is 18.0 Å². The zero-order chi connectivity index (χ0) is 19.5. The molecular weight excluding hydrogens is 348 g/mol. The zero-order valence-electron chi connectivity index (χ0n) is 15.8. The molecule has 4 nitrogen and oxygen atoms in total. The minimum absolute atomic E-state index is 0.304. The number of aryl methyl sites for hydroxylation is 1. The van der Waals surface area contributed by atoms with Crippen molar-refractivity contribution in [3.63, 3.8) is 0 Å². The number of hydrogen-bond donors (Lipinski definition) is 0. The third kappa shape index (κ3) is 3.37. The molecule has 0 aliphatic heterocycles. The molecule has 0 spiro atoms. The summed E-state index contributed by atoms with van der Waals surface area (Å²) in [5.74, 6) is 0.194. The molecule has 1 heterocycles. The lowest BCUT2D eigenvalue weighted by atomic mass is 10.0. The molecule has 4 heteroatoms. The van der Waals surface area contributed by atoms with Crippen molar-refractivity contribution in [2.24, 2.45) is 0 Å². The van der Waals surface area contributed by atoms with Crippen LogP contribution in [0.5, 0.6) is 0 Å². The fourth-order valence-corrected chi connectivity index (χ4v) is 3.28. The summed E-state index contributed by atoms with van der Waals surface area (Å²) in [4.78, 5) is 22.0. The molecule has 4 aromatic rings. The smallest absolute Gasteiger partial charge is 0.342 e. The average molecular weight is 368 g/mol. The first-order valence-electron chi connectivity index (χ1n) is 9.27. The van der Waals surface area contributed by atoms with Gasteiger partial charge in [-0.1, -0.05) is 66.7 Å². The highest BCUT2D eigenvalue weighted by molar-refractivity contribution is 5.97. The average Bonchev–Trinajstić information content (AvgIpc) is 2.73. The maximum atomic E-state index is 12.6. The Labute approximate surface area is 163 Å². The van der Waals surface area contributed by atoms with Crippen molar-refractivity contribution < 1.29 is 9.53 Å².